The highest BCUT2D eigenvalue weighted by atomic mass is 32.1. The molecule has 21 heavy (non-hydrogen) atoms. The quantitative estimate of drug-likeness (QED) is 0.803. The number of hydrogen-bond donors (Lipinski definition) is 1. The van der Waals surface area contributed by atoms with Gasteiger partial charge in [-0.25, -0.2) is 4.98 Å². The molecule has 0 amide bonds. The van der Waals surface area contributed by atoms with Crippen molar-refractivity contribution in [3.8, 4) is 0 Å². The number of fused-ring (bicyclic) bond motifs is 1. The minimum Gasteiger partial charge on any atom is -0.388 e. The second kappa shape index (κ2) is 5.87. The van der Waals surface area contributed by atoms with Crippen LogP contribution >= 0.6 is 11.3 Å². The molecule has 0 saturated carbocycles. The predicted molar refractivity (Wildman–Crippen MR) is 84.4 cm³/mol. The van der Waals surface area contributed by atoms with Gasteiger partial charge in [-0.2, -0.15) is 10.2 Å². The van der Waals surface area contributed by atoms with E-state index in [1.54, 1.807) is 11.3 Å². The predicted octanol–water partition coefficient (Wildman–Crippen LogP) is 3.23. The third kappa shape index (κ3) is 2.94. The Morgan fingerprint density at radius 2 is 2.05 bits per heavy atom. The van der Waals surface area contributed by atoms with Crippen LogP contribution < -0.4 is 0 Å². The van der Waals surface area contributed by atoms with Gasteiger partial charge in [0.25, 0.3) is 0 Å². The molecule has 3 aromatic rings. The van der Waals surface area contributed by atoms with E-state index >= 15 is 0 Å². The first kappa shape index (κ1) is 14.1. The molecule has 0 aliphatic rings. The maximum atomic E-state index is 10.5. The summed E-state index contributed by atoms with van der Waals surface area (Å²) in [4.78, 5) is 4.58. The molecular formula is C16H17N3OS. The molecule has 1 unspecified atom stereocenters. The standard InChI is InChI=1S/C16H17N3OS/c1-3-12-11(8-10(2)18-19-12)14(20)9-16-17-13-6-4-5-7-15(13)21-16/h4-8,14,20H,3,9H2,1-2H3. The Bertz CT molecular complexity index is 736. The number of thiazole rings is 1. The van der Waals surface area contributed by atoms with Crippen LogP contribution in [0.3, 0.4) is 0 Å². The summed E-state index contributed by atoms with van der Waals surface area (Å²) in [6.45, 7) is 3.91. The second-order valence-electron chi connectivity index (χ2n) is 5.04. The molecule has 4 nitrogen and oxygen atoms in total. The summed E-state index contributed by atoms with van der Waals surface area (Å²) in [7, 11) is 0. The normalized spacial score (nSPS) is 12.7. The first-order valence-electron chi connectivity index (χ1n) is 7.03. The van der Waals surface area contributed by atoms with Crippen LogP contribution in [0.4, 0.5) is 0 Å². The van der Waals surface area contributed by atoms with Gasteiger partial charge in [-0.05, 0) is 31.5 Å². The van der Waals surface area contributed by atoms with Crippen LogP contribution in [-0.2, 0) is 12.8 Å². The van der Waals surface area contributed by atoms with Crippen molar-refractivity contribution in [1.29, 1.82) is 0 Å². The fraction of sp³-hybridized carbons (Fsp3) is 0.312. The van der Waals surface area contributed by atoms with E-state index in [0.717, 1.165) is 38.6 Å². The van der Waals surface area contributed by atoms with Gasteiger partial charge in [0.15, 0.2) is 0 Å². The number of aliphatic hydroxyl groups is 1. The molecule has 1 atom stereocenters. The third-order valence-corrected chi connectivity index (χ3v) is 4.48. The number of hydrogen-bond acceptors (Lipinski definition) is 5. The van der Waals surface area contributed by atoms with E-state index in [0.29, 0.717) is 6.42 Å². The highest BCUT2D eigenvalue weighted by molar-refractivity contribution is 7.18. The summed E-state index contributed by atoms with van der Waals surface area (Å²) in [5.74, 6) is 0. The molecule has 0 aliphatic carbocycles. The Balaban J connectivity index is 1.88. The van der Waals surface area contributed by atoms with Crippen molar-refractivity contribution in [2.75, 3.05) is 0 Å². The monoisotopic (exact) mass is 299 g/mol. The minimum absolute atomic E-state index is 0.511. The number of aliphatic hydroxyl groups excluding tert-OH is 1. The number of aryl methyl sites for hydroxylation is 2. The van der Waals surface area contributed by atoms with Gasteiger partial charge in [0.2, 0.25) is 0 Å². The fourth-order valence-electron chi connectivity index (χ4n) is 2.38. The van der Waals surface area contributed by atoms with Crippen molar-refractivity contribution in [3.63, 3.8) is 0 Å². The van der Waals surface area contributed by atoms with Crippen LogP contribution in [0.1, 0.15) is 35.0 Å². The van der Waals surface area contributed by atoms with Crippen LogP contribution in [0.2, 0.25) is 0 Å². The maximum Gasteiger partial charge on any atom is 0.0967 e. The number of aromatic nitrogens is 3. The Labute approximate surface area is 127 Å². The maximum absolute atomic E-state index is 10.5. The first-order chi connectivity index (χ1) is 10.2. The summed E-state index contributed by atoms with van der Waals surface area (Å²) in [6, 6.07) is 9.96. The van der Waals surface area contributed by atoms with Crippen molar-refractivity contribution in [2.24, 2.45) is 0 Å². The zero-order valence-electron chi connectivity index (χ0n) is 12.1. The van der Waals surface area contributed by atoms with E-state index in [9.17, 15) is 5.11 Å². The van der Waals surface area contributed by atoms with E-state index in [2.05, 4.69) is 21.2 Å². The minimum atomic E-state index is -0.588. The molecule has 2 aromatic heterocycles. The lowest BCUT2D eigenvalue weighted by atomic mass is 10.0. The summed E-state index contributed by atoms with van der Waals surface area (Å²) in [5.41, 5.74) is 3.54. The van der Waals surface area contributed by atoms with E-state index in [4.69, 9.17) is 0 Å². The Kier molecular flexibility index (Phi) is 3.94. The van der Waals surface area contributed by atoms with E-state index in [1.165, 1.54) is 0 Å². The Hall–Kier alpha value is -1.85. The van der Waals surface area contributed by atoms with Gasteiger partial charge < -0.3 is 5.11 Å². The molecule has 5 heteroatoms. The molecule has 0 radical (unpaired) electrons. The molecule has 2 heterocycles. The van der Waals surface area contributed by atoms with Crippen LogP contribution in [0.5, 0.6) is 0 Å². The van der Waals surface area contributed by atoms with Crippen molar-refractivity contribution in [3.05, 3.63) is 52.3 Å². The average molecular weight is 299 g/mol. The average Bonchev–Trinajstić information content (AvgIpc) is 2.89. The molecule has 3 rings (SSSR count). The lowest BCUT2D eigenvalue weighted by molar-refractivity contribution is 0.176. The number of nitrogens with zero attached hydrogens (tertiary/aromatic N) is 3. The molecule has 0 saturated heterocycles. The molecule has 0 aliphatic heterocycles. The fourth-order valence-corrected chi connectivity index (χ4v) is 3.38. The summed E-state index contributed by atoms with van der Waals surface area (Å²) in [5, 5.41) is 19.7. The van der Waals surface area contributed by atoms with E-state index in [-0.39, 0.29) is 0 Å². The molecule has 0 fully saturated rings. The van der Waals surface area contributed by atoms with Gasteiger partial charge >= 0.3 is 0 Å². The van der Waals surface area contributed by atoms with Gasteiger partial charge in [0, 0.05) is 12.0 Å². The van der Waals surface area contributed by atoms with Gasteiger partial charge in [-0.1, -0.05) is 19.1 Å². The zero-order valence-corrected chi connectivity index (χ0v) is 12.9. The summed E-state index contributed by atoms with van der Waals surface area (Å²) in [6.07, 6.45) is 0.687. The van der Waals surface area contributed by atoms with Crippen molar-refractivity contribution >= 4 is 21.6 Å². The number of para-hydroxylation sites is 1. The largest absolute Gasteiger partial charge is 0.388 e. The van der Waals surface area contributed by atoms with Gasteiger partial charge in [-0.15, -0.1) is 11.3 Å². The van der Waals surface area contributed by atoms with Gasteiger partial charge in [0.1, 0.15) is 0 Å². The lowest BCUT2D eigenvalue weighted by Crippen LogP contribution is -2.08. The second-order valence-corrected chi connectivity index (χ2v) is 6.15. The lowest BCUT2D eigenvalue weighted by Gasteiger charge is -2.13. The number of rotatable bonds is 4. The van der Waals surface area contributed by atoms with Crippen LogP contribution in [0, 0.1) is 6.92 Å². The molecule has 0 spiro atoms. The van der Waals surface area contributed by atoms with Gasteiger partial charge in [-0.3, -0.25) is 0 Å². The summed E-state index contributed by atoms with van der Waals surface area (Å²) >= 11 is 1.63. The zero-order chi connectivity index (χ0) is 14.8. The third-order valence-electron chi connectivity index (χ3n) is 3.43. The molecule has 108 valence electrons. The van der Waals surface area contributed by atoms with Crippen LogP contribution in [0.25, 0.3) is 10.2 Å². The summed E-state index contributed by atoms with van der Waals surface area (Å²) < 4.78 is 1.15. The van der Waals surface area contributed by atoms with Gasteiger partial charge in [0.05, 0.1) is 32.7 Å². The van der Waals surface area contributed by atoms with Crippen LogP contribution in [-0.4, -0.2) is 20.3 Å². The molecule has 0 bridgehead atoms. The SMILES string of the molecule is CCc1nnc(C)cc1C(O)Cc1nc2ccccc2s1. The van der Waals surface area contributed by atoms with Crippen molar-refractivity contribution in [1.82, 2.24) is 15.2 Å². The Morgan fingerprint density at radius 1 is 1.24 bits per heavy atom. The topological polar surface area (TPSA) is 58.9 Å². The molecular weight excluding hydrogens is 282 g/mol. The molecule has 1 N–H and O–H groups in total. The highest BCUT2D eigenvalue weighted by Crippen LogP contribution is 2.27. The molecule has 1 aromatic carbocycles. The number of benzene rings is 1. The smallest absolute Gasteiger partial charge is 0.0967 e. The highest BCUT2D eigenvalue weighted by Gasteiger charge is 2.16. The van der Waals surface area contributed by atoms with Crippen molar-refractivity contribution < 1.29 is 5.11 Å². The van der Waals surface area contributed by atoms with Crippen LogP contribution in [0.15, 0.2) is 30.3 Å². The Morgan fingerprint density at radius 3 is 2.81 bits per heavy atom. The van der Waals surface area contributed by atoms with E-state index < -0.39 is 6.10 Å². The van der Waals surface area contributed by atoms with Crippen molar-refractivity contribution in [2.45, 2.75) is 32.8 Å². The first-order valence-corrected chi connectivity index (χ1v) is 7.84. The van der Waals surface area contributed by atoms with E-state index in [1.807, 2.05) is 38.1 Å².